The average Bonchev–Trinajstić information content (AvgIpc) is 2.55. The fraction of sp³-hybridized carbons (Fsp3) is 1.00. The van der Waals surface area contributed by atoms with Crippen LogP contribution < -0.4 is 0 Å². The van der Waals surface area contributed by atoms with Crippen LogP contribution in [0.4, 0.5) is 0 Å². The molecule has 1 aliphatic rings. The Morgan fingerprint density at radius 2 is 0.586 bits per heavy atom. The van der Waals surface area contributed by atoms with Gasteiger partial charge in [0.15, 0.2) is 0 Å². The Morgan fingerprint density at radius 1 is 0.448 bits per heavy atom. The van der Waals surface area contributed by atoms with E-state index in [9.17, 15) is 20.4 Å². The maximum absolute atomic E-state index is 9.86. The van der Waals surface area contributed by atoms with Gasteiger partial charge >= 0.3 is 0 Å². The van der Waals surface area contributed by atoms with Gasteiger partial charge in [0.25, 0.3) is 0 Å². The molecule has 0 aromatic carbocycles. The van der Waals surface area contributed by atoms with Gasteiger partial charge in [-0.1, -0.05) is 0 Å². The van der Waals surface area contributed by atoms with E-state index >= 15 is 0 Å². The summed E-state index contributed by atoms with van der Waals surface area (Å²) in [6.45, 7) is 16.4. The molecule has 0 aromatic rings. The van der Waals surface area contributed by atoms with Gasteiger partial charge in [-0.25, -0.2) is 0 Å². The normalized spacial score (nSPS) is 24.0. The monoisotopic (exact) mass is 557 g/mol. The zero-order chi connectivity index (χ0) is 21.1. The molecule has 1 saturated heterocycles. The van der Waals surface area contributed by atoms with Crippen molar-refractivity contribution in [3.05, 3.63) is 0 Å². The van der Waals surface area contributed by atoms with Crippen LogP contribution in [0.15, 0.2) is 0 Å². The largest absolute Gasteiger partial charge is 0.392 e. The summed E-state index contributed by atoms with van der Waals surface area (Å²) >= 11 is 0. The molecular weight excluding hydrogens is 512 g/mol. The van der Waals surface area contributed by atoms with Gasteiger partial charge in [0, 0.05) is 128 Å². The summed E-state index contributed by atoms with van der Waals surface area (Å²) < 4.78 is 0. The van der Waals surface area contributed by atoms with Gasteiger partial charge < -0.3 is 20.4 Å². The third-order valence-corrected chi connectivity index (χ3v) is 5.02. The van der Waals surface area contributed by atoms with E-state index in [1.165, 1.54) is 0 Å². The van der Waals surface area contributed by atoms with Crippen LogP contribution in [0.2, 0.25) is 0 Å². The second-order valence-corrected chi connectivity index (χ2v) is 8.60. The number of aliphatic hydroxyl groups is 4. The maximum atomic E-state index is 9.86. The van der Waals surface area contributed by atoms with Crippen LogP contribution in [-0.4, -0.2) is 143 Å². The van der Waals surface area contributed by atoms with Gasteiger partial charge in [-0.3, -0.25) is 19.6 Å². The molecule has 1 rings (SSSR count). The number of hydrogen-bond acceptors (Lipinski definition) is 8. The fourth-order valence-corrected chi connectivity index (χ4v) is 3.80. The van der Waals surface area contributed by atoms with Gasteiger partial charge in [0.05, 0.1) is 24.4 Å². The van der Waals surface area contributed by atoms with E-state index < -0.39 is 0 Å². The van der Waals surface area contributed by atoms with Crippen molar-refractivity contribution in [2.24, 2.45) is 0 Å². The molecule has 1 radical (unpaired) electrons. The molecule has 175 valence electrons. The molecule has 0 aliphatic carbocycles. The SMILES string of the molecule is C[C@H](O)CN1CCN(C[C@H](C)O)CCN(C[C@@H](C)O)CCN(C[C@H](C)O)CC1.[Eu]. The third-order valence-electron chi connectivity index (χ3n) is 5.02. The molecule has 29 heavy (non-hydrogen) atoms. The number of β-amino-alcohol motifs (C(OH)–C–C–N with tert-alkyl or cyclic N) is 4. The molecule has 0 unspecified atom stereocenters. The fourth-order valence-electron chi connectivity index (χ4n) is 3.80. The molecule has 4 atom stereocenters. The molecule has 1 heterocycles. The van der Waals surface area contributed by atoms with E-state index in [4.69, 9.17) is 0 Å². The van der Waals surface area contributed by atoms with Gasteiger partial charge in [-0.15, -0.1) is 0 Å². The van der Waals surface area contributed by atoms with Gasteiger partial charge in [-0.05, 0) is 27.7 Å². The molecule has 0 saturated carbocycles. The van der Waals surface area contributed by atoms with Crippen LogP contribution in [0.3, 0.4) is 0 Å². The standard InChI is InChI=1S/C20H44N4O4.Eu/c1-17(25)13-21-5-7-22(14-18(2)26)9-11-24(16-20(4)28)12-10-23(8-6-21)15-19(3)27;/h17-20,25-28H,5-16H2,1-4H3;/t17-,18-,19-,20+;/m0./s1. The summed E-state index contributed by atoms with van der Waals surface area (Å²) in [5.74, 6) is 0. The van der Waals surface area contributed by atoms with Gasteiger partial charge in [-0.2, -0.15) is 0 Å². The molecule has 9 heteroatoms. The van der Waals surface area contributed by atoms with Gasteiger partial charge in [0.1, 0.15) is 0 Å². The maximum Gasteiger partial charge on any atom is 0.0639 e. The minimum absolute atomic E-state index is 0. The van der Waals surface area contributed by atoms with Crippen molar-refractivity contribution in [3.63, 3.8) is 0 Å². The van der Waals surface area contributed by atoms with Crippen molar-refractivity contribution in [1.29, 1.82) is 0 Å². The predicted octanol–water partition coefficient (Wildman–Crippen LogP) is -1.27. The van der Waals surface area contributed by atoms with Crippen molar-refractivity contribution in [3.8, 4) is 0 Å². The van der Waals surface area contributed by atoms with E-state index in [0.29, 0.717) is 26.2 Å². The molecule has 0 bridgehead atoms. The number of aliphatic hydroxyl groups excluding tert-OH is 4. The first kappa shape index (κ1) is 30.3. The van der Waals surface area contributed by atoms with Gasteiger partial charge in [0.2, 0.25) is 0 Å². The first-order valence-corrected chi connectivity index (χ1v) is 10.8. The first-order chi connectivity index (χ1) is 13.2. The molecule has 8 nitrogen and oxygen atoms in total. The topological polar surface area (TPSA) is 93.9 Å². The van der Waals surface area contributed by atoms with E-state index in [2.05, 4.69) is 19.6 Å². The van der Waals surface area contributed by atoms with Crippen LogP contribution in [0.25, 0.3) is 0 Å². The van der Waals surface area contributed by atoms with E-state index in [-0.39, 0.29) is 73.8 Å². The van der Waals surface area contributed by atoms with Crippen molar-refractivity contribution in [2.75, 3.05) is 78.5 Å². The van der Waals surface area contributed by atoms with Crippen molar-refractivity contribution in [2.45, 2.75) is 52.1 Å². The number of hydrogen-bond donors (Lipinski definition) is 4. The van der Waals surface area contributed by atoms with Crippen LogP contribution >= 0.6 is 0 Å². The smallest absolute Gasteiger partial charge is 0.0639 e. The van der Waals surface area contributed by atoms with Crippen molar-refractivity contribution >= 4 is 0 Å². The molecule has 1 fully saturated rings. The molecule has 0 aromatic heterocycles. The Hall–Kier alpha value is 1.26. The minimum Gasteiger partial charge on any atom is -0.392 e. The van der Waals surface area contributed by atoms with Crippen molar-refractivity contribution in [1.82, 2.24) is 19.6 Å². The first-order valence-electron chi connectivity index (χ1n) is 10.8. The molecular formula is C20H44EuN4O4. The van der Waals surface area contributed by atoms with Crippen LogP contribution in [-0.2, 0) is 0 Å². The summed E-state index contributed by atoms with van der Waals surface area (Å²) in [5, 5.41) is 39.4. The number of nitrogens with zero attached hydrogens (tertiary/aromatic N) is 4. The second kappa shape index (κ2) is 16.8. The van der Waals surface area contributed by atoms with Crippen LogP contribution in [0.1, 0.15) is 27.7 Å². The van der Waals surface area contributed by atoms with E-state index in [1.807, 2.05) is 27.7 Å². The Balaban J connectivity index is 0.00000784. The second-order valence-electron chi connectivity index (χ2n) is 8.60. The summed E-state index contributed by atoms with van der Waals surface area (Å²) in [6.07, 6.45) is -1.54. The zero-order valence-electron chi connectivity index (χ0n) is 18.8. The van der Waals surface area contributed by atoms with Crippen LogP contribution in [0.5, 0.6) is 0 Å². The molecule has 0 spiro atoms. The summed E-state index contributed by atoms with van der Waals surface area (Å²) in [7, 11) is 0. The zero-order valence-corrected chi connectivity index (χ0v) is 21.2. The van der Waals surface area contributed by atoms with E-state index in [0.717, 1.165) is 52.4 Å². The molecule has 1 aliphatic heterocycles. The summed E-state index contributed by atoms with van der Waals surface area (Å²) in [6, 6.07) is 0. The Labute approximate surface area is 218 Å². The Kier molecular flexibility index (Phi) is 17.6. The average molecular weight is 557 g/mol. The summed E-state index contributed by atoms with van der Waals surface area (Å²) in [4.78, 5) is 9.07. The third kappa shape index (κ3) is 15.7. The van der Waals surface area contributed by atoms with Crippen molar-refractivity contribution < 1.29 is 69.8 Å². The number of rotatable bonds is 8. The molecule has 4 N–H and O–H groups in total. The Bertz CT molecular complexity index is 315. The summed E-state index contributed by atoms with van der Waals surface area (Å²) in [5.41, 5.74) is 0. The molecule has 0 amide bonds. The van der Waals surface area contributed by atoms with Crippen LogP contribution in [0, 0.1) is 49.4 Å². The predicted molar refractivity (Wildman–Crippen MR) is 112 cm³/mol. The Morgan fingerprint density at radius 3 is 0.690 bits per heavy atom. The van der Waals surface area contributed by atoms with E-state index in [1.54, 1.807) is 0 Å². The minimum atomic E-state index is -0.384. The quantitative estimate of drug-likeness (QED) is 0.294.